The summed E-state index contributed by atoms with van der Waals surface area (Å²) in [4.78, 5) is 0. The monoisotopic (exact) mass is 308 g/mol. The summed E-state index contributed by atoms with van der Waals surface area (Å²) in [5.74, 6) is -0.716. The lowest BCUT2D eigenvalue weighted by Gasteiger charge is -2.10. The first kappa shape index (κ1) is 16.2. The van der Waals surface area contributed by atoms with Gasteiger partial charge in [-0.2, -0.15) is 0 Å². The van der Waals surface area contributed by atoms with Gasteiger partial charge in [-0.1, -0.05) is 25.4 Å². The summed E-state index contributed by atoms with van der Waals surface area (Å²) < 4.78 is 39.1. The van der Waals surface area contributed by atoms with Gasteiger partial charge < -0.3 is 5.32 Å². The number of anilines is 1. The van der Waals surface area contributed by atoms with Crippen molar-refractivity contribution in [2.45, 2.75) is 26.3 Å². The van der Waals surface area contributed by atoms with E-state index < -0.39 is 15.8 Å². The number of hydrogen-bond acceptors (Lipinski definition) is 3. The van der Waals surface area contributed by atoms with E-state index in [4.69, 9.17) is 11.6 Å². The predicted octanol–water partition coefficient (Wildman–Crippen LogP) is 2.61. The van der Waals surface area contributed by atoms with Crippen LogP contribution in [0.5, 0.6) is 0 Å². The Balaban J connectivity index is 2.57. The summed E-state index contributed by atoms with van der Waals surface area (Å²) in [5.41, 5.74) is -0.121. The molecule has 0 saturated heterocycles. The summed E-state index contributed by atoms with van der Waals surface area (Å²) in [6.45, 7) is 4.55. The lowest BCUT2D eigenvalue weighted by atomic mass is 10.3. The van der Waals surface area contributed by atoms with E-state index in [2.05, 4.69) is 10.0 Å². The molecule has 0 atom stereocenters. The second-order valence-corrected chi connectivity index (χ2v) is 6.79. The fraction of sp³-hybridized carbons (Fsp3) is 0.500. The van der Waals surface area contributed by atoms with E-state index in [1.54, 1.807) is 0 Å². The molecule has 0 saturated carbocycles. The molecule has 0 heterocycles. The lowest BCUT2D eigenvalue weighted by Crippen LogP contribution is -2.26. The summed E-state index contributed by atoms with van der Waals surface area (Å²) in [5, 5.41) is 3.39. The Labute approximate surface area is 118 Å². The van der Waals surface area contributed by atoms with Gasteiger partial charge in [0.25, 0.3) is 0 Å². The van der Waals surface area contributed by atoms with E-state index in [1.807, 2.05) is 13.8 Å². The van der Waals surface area contributed by atoms with Crippen LogP contribution in [0.2, 0.25) is 5.02 Å². The standard InChI is InChI=1S/C12H18ClFN2O2S/c1-9(2)15-6-3-7-19(17,18)16-12-8-10(13)4-5-11(12)14/h4-5,8-9,15-16H,3,6-7H2,1-2H3. The molecule has 19 heavy (non-hydrogen) atoms. The molecule has 1 aromatic rings. The zero-order chi connectivity index (χ0) is 14.5. The van der Waals surface area contributed by atoms with Gasteiger partial charge in [0.05, 0.1) is 11.4 Å². The average molecular weight is 309 g/mol. The van der Waals surface area contributed by atoms with Gasteiger partial charge in [0, 0.05) is 11.1 Å². The van der Waals surface area contributed by atoms with Crippen LogP contribution in [-0.2, 0) is 10.0 Å². The van der Waals surface area contributed by atoms with E-state index >= 15 is 0 Å². The van der Waals surface area contributed by atoms with Crippen LogP contribution in [0.3, 0.4) is 0 Å². The Hall–Kier alpha value is -0.850. The van der Waals surface area contributed by atoms with Gasteiger partial charge in [-0.25, -0.2) is 12.8 Å². The summed E-state index contributed by atoms with van der Waals surface area (Å²) >= 11 is 5.70. The highest BCUT2D eigenvalue weighted by Gasteiger charge is 2.13. The molecule has 0 bridgehead atoms. The molecule has 1 rings (SSSR count). The van der Waals surface area contributed by atoms with Gasteiger partial charge in [-0.05, 0) is 31.2 Å². The third-order valence-electron chi connectivity index (χ3n) is 2.34. The second-order valence-electron chi connectivity index (χ2n) is 4.51. The van der Waals surface area contributed by atoms with Crippen molar-refractivity contribution in [3.63, 3.8) is 0 Å². The van der Waals surface area contributed by atoms with Crippen LogP contribution < -0.4 is 10.0 Å². The first-order valence-corrected chi connectivity index (χ1v) is 8.02. The fourth-order valence-corrected chi connectivity index (χ4v) is 2.74. The zero-order valence-corrected chi connectivity index (χ0v) is 12.5. The highest BCUT2D eigenvalue weighted by molar-refractivity contribution is 7.92. The van der Waals surface area contributed by atoms with Gasteiger partial charge in [-0.15, -0.1) is 0 Å². The maximum Gasteiger partial charge on any atom is 0.232 e. The van der Waals surface area contributed by atoms with E-state index in [1.165, 1.54) is 12.1 Å². The molecule has 7 heteroatoms. The molecular formula is C12H18ClFN2O2S. The molecule has 108 valence electrons. The van der Waals surface area contributed by atoms with Gasteiger partial charge in [0.15, 0.2) is 0 Å². The number of nitrogens with one attached hydrogen (secondary N) is 2. The average Bonchev–Trinajstić information content (AvgIpc) is 2.29. The van der Waals surface area contributed by atoms with Crippen LogP contribution in [0.4, 0.5) is 10.1 Å². The molecule has 0 amide bonds. The minimum atomic E-state index is -3.56. The fourth-order valence-electron chi connectivity index (χ4n) is 1.45. The van der Waals surface area contributed by atoms with Crippen molar-refractivity contribution in [2.75, 3.05) is 17.0 Å². The van der Waals surface area contributed by atoms with Gasteiger partial charge in [-0.3, -0.25) is 4.72 Å². The van der Waals surface area contributed by atoms with Crippen LogP contribution in [-0.4, -0.2) is 26.8 Å². The Morgan fingerprint density at radius 1 is 1.37 bits per heavy atom. The quantitative estimate of drug-likeness (QED) is 0.761. The van der Waals surface area contributed by atoms with Crippen LogP contribution in [0.1, 0.15) is 20.3 Å². The SMILES string of the molecule is CC(C)NCCCS(=O)(=O)Nc1cc(Cl)ccc1F. The van der Waals surface area contributed by atoms with E-state index in [-0.39, 0.29) is 16.5 Å². The third-order valence-corrected chi connectivity index (χ3v) is 3.93. The molecular weight excluding hydrogens is 291 g/mol. The highest BCUT2D eigenvalue weighted by atomic mass is 35.5. The molecule has 0 unspecified atom stereocenters. The van der Waals surface area contributed by atoms with Crippen molar-refractivity contribution in [1.29, 1.82) is 0 Å². The molecule has 0 aliphatic heterocycles. The van der Waals surface area contributed by atoms with Crippen LogP contribution in [0.15, 0.2) is 18.2 Å². The Morgan fingerprint density at radius 2 is 2.05 bits per heavy atom. The first-order valence-electron chi connectivity index (χ1n) is 5.99. The van der Waals surface area contributed by atoms with Crippen molar-refractivity contribution in [1.82, 2.24) is 5.32 Å². The first-order chi connectivity index (χ1) is 8.80. The summed E-state index contributed by atoms with van der Waals surface area (Å²) in [6.07, 6.45) is 0.454. The molecule has 4 nitrogen and oxygen atoms in total. The molecule has 0 spiro atoms. The van der Waals surface area contributed by atoms with Crippen molar-refractivity contribution >= 4 is 27.3 Å². The summed E-state index contributed by atoms with van der Waals surface area (Å²) in [6, 6.07) is 4.05. The van der Waals surface area contributed by atoms with Crippen molar-refractivity contribution < 1.29 is 12.8 Å². The molecule has 0 radical (unpaired) electrons. The van der Waals surface area contributed by atoms with E-state index in [9.17, 15) is 12.8 Å². The number of rotatable bonds is 7. The maximum atomic E-state index is 13.4. The Bertz CT molecular complexity index is 520. The largest absolute Gasteiger partial charge is 0.314 e. The zero-order valence-electron chi connectivity index (χ0n) is 10.9. The molecule has 0 aliphatic carbocycles. The second kappa shape index (κ2) is 7.07. The van der Waals surface area contributed by atoms with Crippen molar-refractivity contribution in [2.24, 2.45) is 0 Å². The van der Waals surface area contributed by atoms with Crippen molar-refractivity contribution in [3.05, 3.63) is 29.0 Å². The molecule has 0 fully saturated rings. The highest BCUT2D eigenvalue weighted by Crippen LogP contribution is 2.20. The summed E-state index contributed by atoms with van der Waals surface area (Å²) in [7, 11) is -3.56. The third kappa shape index (κ3) is 6.22. The lowest BCUT2D eigenvalue weighted by molar-refractivity contribution is 0.570. The minimum Gasteiger partial charge on any atom is -0.314 e. The van der Waals surface area contributed by atoms with Gasteiger partial charge in [0.1, 0.15) is 5.82 Å². The maximum absolute atomic E-state index is 13.4. The molecule has 0 aromatic heterocycles. The van der Waals surface area contributed by atoms with E-state index in [0.29, 0.717) is 19.0 Å². The Kier molecular flexibility index (Phi) is 6.03. The van der Waals surface area contributed by atoms with Crippen molar-refractivity contribution in [3.8, 4) is 0 Å². The number of sulfonamides is 1. The van der Waals surface area contributed by atoms with Crippen LogP contribution in [0.25, 0.3) is 0 Å². The Morgan fingerprint density at radius 3 is 2.68 bits per heavy atom. The molecule has 0 aliphatic rings. The van der Waals surface area contributed by atoms with Gasteiger partial charge >= 0.3 is 0 Å². The number of benzene rings is 1. The van der Waals surface area contributed by atoms with Gasteiger partial charge in [0.2, 0.25) is 10.0 Å². The predicted molar refractivity (Wildman–Crippen MR) is 76.6 cm³/mol. The number of halogens is 2. The molecule has 2 N–H and O–H groups in total. The number of hydrogen-bond donors (Lipinski definition) is 2. The smallest absolute Gasteiger partial charge is 0.232 e. The topological polar surface area (TPSA) is 58.2 Å². The normalized spacial score (nSPS) is 11.8. The minimum absolute atomic E-state index is 0.0708. The molecule has 1 aromatic carbocycles. The van der Waals surface area contributed by atoms with Crippen LogP contribution >= 0.6 is 11.6 Å². The van der Waals surface area contributed by atoms with Crippen LogP contribution in [0, 0.1) is 5.82 Å². The van der Waals surface area contributed by atoms with E-state index in [0.717, 1.165) is 6.07 Å².